The molecule has 0 aromatic heterocycles. The smallest absolute Gasteiger partial charge is 0.289 e. The fourth-order valence-electron chi connectivity index (χ4n) is 4.59. The predicted molar refractivity (Wildman–Crippen MR) is 178 cm³/mol. The van der Waals surface area contributed by atoms with Crippen LogP contribution in [0.4, 0.5) is 13.2 Å². The zero-order chi connectivity index (χ0) is 35.5. The quantitative estimate of drug-likeness (QED) is 0.0665. The zero-order valence-electron chi connectivity index (χ0n) is 24.8. The summed E-state index contributed by atoms with van der Waals surface area (Å²) in [4.78, 5) is 14.9. The normalized spacial score (nSPS) is 11.6. The van der Waals surface area contributed by atoms with Crippen LogP contribution in [-0.2, 0) is 42.6 Å². The second kappa shape index (κ2) is 18.4. The first-order valence-corrected chi connectivity index (χ1v) is 20.2. The van der Waals surface area contributed by atoms with Gasteiger partial charge in [0.15, 0.2) is 0 Å². The molecule has 4 rings (SSSR count). The van der Waals surface area contributed by atoms with Crippen LogP contribution >= 0.6 is 35.3 Å². The van der Waals surface area contributed by atoms with Gasteiger partial charge < -0.3 is 0 Å². The van der Waals surface area contributed by atoms with Crippen molar-refractivity contribution in [3.63, 3.8) is 0 Å². The summed E-state index contributed by atoms with van der Waals surface area (Å²) in [5.41, 5.74) is 0.367. The summed E-state index contributed by atoms with van der Waals surface area (Å²) in [6.07, 6.45) is -3.48. The highest BCUT2D eigenvalue weighted by Crippen LogP contribution is 2.46. The summed E-state index contributed by atoms with van der Waals surface area (Å²) >= 11 is 4.79. The number of halogens is 3. The lowest BCUT2D eigenvalue weighted by Crippen LogP contribution is -2.24. The number of thioether (sulfide) groups is 3. The third-order valence-corrected chi connectivity index (χ3v) is 10.7. The van der Waals surface area contributed by atoms with Gasteiger partial charge in [0.1, 0.15) is 0 Å². The lowest BCUT2D eigenvalue weighted by atomic mass is 9.90. The van der Waals surface area contributed by atoms with Crippen molar-refractivity contribution in [2.75, 3.05) is 23.0 Å². The summed E-state index contributed by atoms with van der Waals surface area (Å²) in [7, 11) is -10.3. The Morgan fingerprint density at radius 2 is 1.11 bits per heavy atom. The number of rotatable bonds is 13. The second-order valence-corrected chi connectivity index (χ2v) is 15.5. The van der Waals surface area contributed by atoms with Crippen LogP contribution in [0.3, 0.4) is 0 Å². The lowest BCUT2D eigenvalue weighted by Gasteiger charge is -2.20. The molecule has 10 nitrogen and oxygen atoms in total. The number of alkyl halides is 3. The monoisotopic (exact) mass is 774 g/mol. The molecule has 0 aliphatic rings. The van der Waals surface area contributed by atoms with Gasteiger partial charge in [-0.15, -0.1) is 60.5 Å². The summed E-state index contributed by atoms with van der Waals surface area (Å²) < 4.78 is 122. The van der Waals surface area contributed by atoms with E-state index >= 15 is 0 Å². The highest BCUT2D eigenvalue weighted by molar-refractivity contribution is 8.00. The van der Waals surface area contributed by atoms with E-state index in [0.29, 0.717) is 16.7 Å². The number of carbonyl (C=O) groups excluding carboxylic acids is 1. The van der Waals surface area contributed by atoms with E-state index in [1.807, 2.05) is 19.1 Å². The van der Waals surface area contributed by atoms with Crippen molar-refractivity contribution in [1.29, 1.82) is 0 Å². The average Bonchev–Trinajstić information content (AvgIpc) is 2.95. The molecule has 0 aliphatic carbocycles. The van der Waals surface area contributed by atoms with Crippen molar-refractivity contribution >= 4 is 105 Å². The molecule has 258 valence electrons. The van der Waals surface area contributed by atoms with E-state index in [0.717, 1.165) is 66.0 Å². The maximum atomic E-state index is 13.3. The fraction of sp³-hybridized carbons (Fsp3) is 0.393. The van der Waals surface area contributed by atoms with Crippen molar-refractivity contribution in [2.45, 2.75) is 60.4 Å². The van der Waals surface area contributed by atoms with Crippen LogP contribution in [0.5, 0.6) is 0 Å². The van der Waals surface area contributed by atoms with Crippen LogP contribution in [0.15, 0.2) is 51.1 Å². The van der Waals surface area contributed by atoms with Crippen LogP contribution in [0.1, 0.15) is 38.7 Å². The zero-order valence-corrected chi connectivity index (χ0v) is 29.7. The van der Waals surface area contributed by atoms with Crippen molar-refractivity contribution in [3.8, 4) is 0 Å². The van der Waals surface area contributed by atoms with Gasteiger partial charge in [-0.1, -0.05) is 38.1 Å². The first-order chi connectivity index (χ1) is 21.9. The van der Waals surface area contributed by atoms with Crippen molar-refractivity contribution in [2.24, 2.45) is 0 Å². The average molecular weight is 775 g/mol. The van der Waals surface area contributed by atoms with Crippen LogP contribution in [0, 0.1) is 0 Å². The van der Waals surface area contributed by atoms with Gasteiger partial charge in [-0.25, -0.2) is 0 Å². The molecule has 0 heterocycles. The fourth-order valence-corrected chi connectivity index (χ4v) is 8.32. The lowest BCUT2D eigenvalue weighted by molar-refractivity contribution is -0.170. The molecule has 0 spiro atoms. The van der Waals surface area contributed by atoms with E-state index < -0.39 is 49.7 Å². The highest BCUT2D eigenvalue weighted by Gasteiger charge is 2.38. The number of benzene rings is 4. The van der Waals surface area contributed by atoms with E-state index in [1.165, 1.54) is 11.8 Å². The molecule has 0 bridgehead atoms. The summed E-state index contributed by atoms with van der Waals surface area (Å²) in [5, 5.41) is 5.34. The maximum Gasteiger partial charge on any atom is 0.450 e. The number of carbonyl (C=O) groups is 1. The molecule has 19 heteroatoms. The van der Waals surface area contributed by atoms with Crippen molar-refractivity contribution < 1.29 is 56.2 Å². The Balaban J connectivity index is 0.000000862. The van der Waals surface area contributed by atoms with Gasteiger partial charge in [0.25, 0.3) is 10.1 Å². The molecule has 0 unspecified atom stereocenters. The SMILES string of the molecule is CCCSc1cc(CC(=O)C(F)(F)F)c2ccc3c(SCCCS(=O)(=O)O)cc(SCCC)c4ccc1c2c43.O=S(=O)=O.O=S(=O)=O. The van der Waals surface area contributed by atoms with Gasteiger partial charge in [-0.3, -0.25) is 9.35 Å². The van der Waals surface area contributed by atoms with Gasteiger partial charge in [-0.2, -0.15) is 21.6 Å². The Labute approximate surface area is 284 Å². The molecule has 0 atom stereocenters. The molecule has 0 amide bonds. The van der Waals surface area contributed by atoms with E-state index in [-0.39, 0.29) is 12.2 Å². The Morgan fingerprint density at radius 1 is 0.723 bits per heavy atom. The van der Waals surface area contributed by atoms with E-state index in [2.05, 4.69) is 19.1 Å². The van der Waals surface area contributed by atoms with Gasteiger partial charge in [0.2, 0.25) is 5.78 Å². The standard InChI is InChI=1S/C28H29F3O4S4.2O3S/c1-3-10-36-22-14-17(15-25(32)28(29,30)31)18-6-7-20-24(38-12-5-13-39(33,34)35)16-23(37-11-4-2)21-9-8-19(22)26(18)27(20)21;2*1-4(2)3/h6-9,14,16H,3-5,10-13,15H2,1-2H3,(H,33,34,35);;. The Bertz CT molecular complexity index is 2010. The van der Waals surface area contributed by atoms with Gasteiger partial charge in [0.05, 0.1) is 5.75 Å². The molecule has 4 aromatic rings. The number of ketones is 1. The van der Waals surface area contributed by atoms with E-state index in [1.54, 1.807) is 35.7 Å². The topological polar surface area (TPSA) is 174 Å². The molecule has 0 aliphatic heterocycles. The minimum Gasteiger partial charge on any atom is -0.289 e. The largest absolute Gasteiger partial charge is 0.450 e. The molecule has 47 heavy (non-hydrogen) atoms. The molecule has 4 aromatic carbocycles. The first kappa shape index (κ1) is 40.8. The third-order valence-electron chi connectivity index (χ3n) is 6.27. The van der Waals surface area contributed by atoms with E-state index in [4.69, 9.17) is 29.8 Å². The molecule has 0 fully saturated rings. The molecular weight excluding hydrogens is 746 g/mol. The molecule has 0 saturated heterocycles. The Kier molecular flexibility index (Phi) is 15.9. The number of hydrogen-bond acceptors (Lipinski definition) is 12. The Morgan fingerprint density at radius 3 is 1.51 bits per heavy atom. The van der Waals surface area contributed by atoms with Crippen LogP contribution in [-0.4, -0.2) is 73.2 Å². The van der Waals surface area contributed by atoms with Crippen LogP contribution in [0.25, 0.3) is 32.3 Å². The number of hydrogen-bond donors (Lipinski definition) is 1. The van der Waals surface area contributed by atoms with E-state index in [9.17, 15) is 26.4 Å². The first-order valence-electron chi connectivity index (χ1n) is 13.7. The minimum absolute atomic E-state index is 0.282. The molecule has 0 saturated carbocycles. The second-order valence-electron chi connectivity index (χ2n) is 9.67. The van der Waals surface area contributed by atoms with Gasteiger partial charge in [-0.05, 0) is 86.5 Å². The molecular formula is C28H29F3O10S6. The van der Waals surface area contributed by atoms with Crippen molar-refractivity contribution in [1.82, 2.24) is 0 Å². The highest BCUT2D eigenvalue weighted by atomic mass is 32.2. The predicted octanol–water partition coefficient (Wildman–Crippen LogP) is 6.62. The summed E-state index contributed by atoms with van der Waals surface area (Å²) in [5.74, 6) is 0.0731. The van der Waals surface area contributed by atoms with Gasteiger partial charge in [0, 0.05) is 21.1 Å². The third kappa shape index (κ3) is 12.5. The molecule has 0 radical (unpaired) electrons. The van der Waals surface area contributed by atoms with Gasteiger partial charge >= 0.3 is 27.4 Å². The number of Topliss-reactive ketones (excluding diaryl/α,β-unsaturated/α-hetero) is 1. The molecule has 1 N–H and O–H groups in total. The van der Waals surface area contributed by atoms with Crippen molar-refractivity contribution in [3.05, 3.63) is 42.0 Å². The van der Waals surface area contributed by atoms with Crippen LogP contribution < -0.4 is 0 Å². The minimum atomic E-state index is -4.91. The maximum absolute atomic E-state index is 13.3. The summed E-state index contributed by atoms with van der Waals surface area (Å²) in [6.45, 7) is 4.13. The Hall–Kier alpha value is -2.42. The van der Waals surface area contributed by atoms with Crippen LogP contribution in [0.2, 0.25) is 0 Å². The summed E-state index contributed by atoms with van der Waals surface area (Å²) in [6, 6.07) is 11.6.